The quantitative estimate of drug-likeness (QED) is 0.675. The second kappa shape index (κ2) is 12.8. The number of rotatable bonds is 4. The first-order valence-corrected chi connectivity index (χ1v) is 7.35. The fourth-order valence-corrected chi connectivity index (χ4v) is 1.34. The summed E-state index contributed by atoms with van der Waals surface area (Å²) in [5.41, 5.74) is 11.1. The molecule has 2 atom stereocenters. The molecule has 0 bridgehead atoms. The predicted octanol–water partition coefficient (Wildman–Crippen LogP) is 1.75. The largest absolute Gasteiger partial charge is 0.480 e. The Kier molecular flexibility index (Phi) is 11.4. The number of benzene rings is 2. The first kappa shape index (κ1) is 21.3. The monoisotopic (exact) mass is 332 g/mol. The zero-order chi connectivity index (χ0) is 18.4. The lowest BCUT2D eigenvalue weighted by atomic mass is 10.1. The van der Waals surface area contributed by atoms with Crippen LogP contribution in [0, 0.1) is 0 Å². The SMILES string of the molecule is CC(N)C(=O)O.NC(Cc1ccccc1)C(=O)O.c1ccccc1. The van der Waals surface area contributed by atoms with Gasteiger partial charge in [-0.2, -0.15) is 0 Å². The van der Waals surface area contributed by atoms with E-state index >= 15 is 0 Å². The Morgan fingerprint density at radius 1 is 0.833 bits per heavy atom. The Hall–Kier alpha value is -2.70. The van der Waals surface area contributed by atoms with Crippen molar-refractivity contribution in [3.8, 4) is 0 Å². The molecule has 0 aliphatic carbocycles. The summed E-state index contributed by atoms with van der Waals surface area (Å²) in [7, 11) is 0. The van der Waals surface area contributed by atoms with Crippen LogP contribution >= 0.6 is 0 Å². The van der Waals surface area contributed by atoms with Crippen molar-refractivity contribution in [2.24, 2.45) is 11.5 Å². The normalized spacial score (nSPS) is 11.6. The van der Waals surface area contributed by atoms with Crippen LogP contribution in [0.4, 0.5) is 0 Å². The van der Waals surface area contributed by atoms with Crippen molar-refractivity contribution in [2.45, 2.75) is 25.4 Å². The molecule has 0 amide bonds. The number of nitrogens with two attached hydrogens (primary N) is 2. The fraction of sp³-hybridized carbons (Fsp3) is 0.222. The van der Waals surface area contributed by atoms with E-state index in [1.807, 2.05) is 66.7 Å². The number of aliphatic carboxylic acids is 2. The molecule has 6 nitrogen and oxygen atoms in total. The van der Waals surface area contributed by atoms with Gasteiger partial charge in [0.2, 0.25) is 0 Å². The Bertz CT molecular complexity index is 547. The molecule has 0 aromatic heterocycles. The first-order chi connectivity index (χ1) is 11.3. The van der Waals surface area contributed by atoms with Gasteiger partial charge in [0.1, 0.15) is 12.1 Å². The van der Waals surface area contributed by atoms with E-state index in [4.69, 9.17) is 21.7 Å². The van der Waals surface area contributed by atoms with Crippen molar-refractivity contribution < 1.29 is 19.8 Å². The average molecular weight is 332 g/mol. The molecule has 0 saturated carbocycles. The van der Waals surface area contributed by atoms with E-state index in [1.54, 1.807) is 0 Å². The highest BCUT2D eigenvalue weighted by molar-refractivity contribution is 5.73. The van der Waals surface area contributed by atoms with Crippen LogP contribution in [0.25, 0.3) is 0 Å². The number of hydrogen-bond donors (Lipinski definition) is 4. The standard InChI is InChI=1S/C9H11NO2.C6H6.C3H7NO2/c10-8(9(11)12)6-7-4-2-1-3-5-7;1-2-4-6-5-3-1;1-2(4)3(5)6/h1-5,8H,6,10H2,(H,11,12);1-6H;2H,4H2,1H3,(H,5,6). The number of carboxylic acids is 2. The maximum Gasteiger partial charge on any atom is 0.320 e. The van der Waals surface area contributed by atoms with E-state index in [9.17, 15) is 9.59 Å². The van der Waals surface area contributed by atoms with Crippen LogP contribution in [0.1, 0.15) is 12.5 Å². The summed E-state index contributed by atoms with van der Waals surface area (Å²) in [5.74, 6) is -1.92. The molecule has 2 aromatic carbocycles. The molecule has 6 heteroatoms. The molecule has 0 radical (unpaired) electrons. The lowest BCUT2D eigenvalue weighted by molar-refractivity contribution is -0.139. The fourth-order valence-electron chi connectivity index (χ4n) is 1.34. The van der Waals surface area contributed by atoms with Gasteiger partial charge in [0.05, 0.1) is 0 Å². The predicted molar refractivity (Wildman–Crippen MR) is 93.5 cm³/mol. The number of carboxylic acid groups (broad SMARTS) is 2. The Balaban J connectivity index is 0.000000371. The third-order valence-corrected chi connectivity index (χ3v) is 2.67. The molecule has 0 heterocycles. The van der Waals surface area contributed by atoms with Gasteiger partial charge in [0, 0.05) is 0 Å². The van der Waals surface area contributed by atoms with Crippen LogP contribution in [0.5, 0.6) is 0 Å². The maximum absolute atomic E-state index is 10.4. The highest BCUT2D eigenvalue weighted by Crippen LogP contribution is 2.01. The summed E-state index contributed by atoms with van der Waals surface area (Å²) in [5, 5.41) is 16.4. The molecule has 0 aliphatic rings. The van der Waals surface area contributed by atoms with E-state index in [1.165, 1.54) is 6.92 Å². The smallest absolute Gasteiger partial charge is 0.320 e. The summed E-state index contributed by atoms with van der Waals surface area (Å²) in [6.07, 6.45) is 0.385. The molecular formula is C18H24N2O4. The van der Waals surface area contributed by atoms with Crippen molar-refractivity contribution in [3.63, 3.8) is 0 Å². The molecule has 2 unspecified atom stereocenters. The van der Waals surface area contributed by atoms with Crippen molar-refractivity contribution >= 4 is 11.9 Å². The van der Waals surface area contributed by atoms with Gasteiger partial charge >= 0.3 is 11.9 Å². The average Bonchev–Trinajstić information content (AvgIpc) is 2.58. The van der Waals surface area contributed by atoms with Crippen LogP contribution in [-0.2, 0) is 16.0 Å². The number of hydrogen-bond acceptors (Lipinski definition) is 4. The third kappa shape index (κ3) is 11.9. The topological polar surface area (TPSA) is 127 Å². The van der Waals surface area contributed by atoms with E-state index in [0.29, 0.717) is 6.42 Å². The molecule has 24 heavy (non-hydrogen) atoms. The van der Waals surface area contributed by atoms with Gasteiger partial charge in [-0.3, -0.25) is 9.59 Å². The third-order valence-electron chi connectivity index (χ3n) is 2.67. The van der Waals surface area contributed by atoms with E-state index < -0.39 is 24.0 Å². The summed E-state index contributed by atoms with van der Waals surface area (Å²) in [6.45, 7) is 1.42. The maximum atomic E-state index is 10.4. The Morgan fingerprint density at radius 3 is 1.46 bits per heavy atom. The summed E-state index contributed by atoms with van der Waals surface area (Å²) >= 11 is 0. The molecule has 0 aliphatic heterocycles. The molecule has 6 N–H and O–H groups in total. The van der Waals surface area contributed by atoms with E-state index in [-0.39, 0.29) is 0 Å². The second-order valence-electron chi connectivity index (χ2n) is 4.92. The van der Waals surface area contributed by atoms with E-state index in [0.717, 1.165) is 5.56 Å². The lowest BCUT2D eigenvalue weighted by Crippen LogP contribution is -2.32. The van der Waals surface area contributed by atoms with Crippen molar-refractivity contribution in [2.75, 3.05) is 0 Å². The van der Waals surface area contributed by atoms with Crippen molar-refractivity contribution in [1.82, 2.24) is 0 Å². The zero-order valence-corrected chi connectivity index (χ0v) is 13.6. The van der Waals surface area contributed by atoms with Gasteiger partial charge < -0.3 is 21.7 Å². The minimum absolute atomic E-state index is 0.385. The summed E-state index contributed by atoms with van der Waals surface area (Å²) in [4.78, 5) is 20.0. The van der Waals surface area contributed by atoms with Gasteiger partial charge in [-0.15, -0.1) is 0 Å². The summed E-state index contributed by atoms with van der Waals surface area (Å²) < 4.78 is 0. The van der Waals surface area contributed by atoms with Crippen LogP contribution in [0.15, 0.2) is 66.7 Å². The molecule has 0 spiro atoms. The van der Waals surface area contributed by atoms with Crippen LogP contribution < -0.4 is 11.5 Å². The molecule has 2 aromatic rings. The van der Waals surface area contributed by atoms with E-state index in [2.05, 4.69) is 0 Å². The minimum atomic E-state index is -0.963. The highest BCUT2D eigenvalue weighted by Gasteiger charge is 2.10. The van der Waals surface area contributed by atoms with Gasteiger partial charge in [-0.25, -0.2) is 0 Å². The van der Waals surface area contributed by atoms with Crippen LogP contribution in [0.2, 0.25) is 0 Å². The van der Waals surface area contributed by atoms with Crippen molar-refractivity contribution in [1.29, 1.82) is 0 Å². The molecule has 0 fully saturated rings. The van der Waals surface area contributed by atoms with Gasteiger partial charge in [0.25, 0.3) is 0 Å². The Labute approximate surface area is 141 Å². The lowest BCUT2D eigenvalue weighted by Gasteiger charge is -2.04. The van der Waals surface area contributed by atoms with Crippen molar-refractivity contribution in [3.05, 3.63) is 72.3 Å². The van der Waals surface area contributed by atoms with Gasteiger partial charge in [-0.1, -0.05) is 66.7 Å². The first-order valence-electron chi connectivity index (χ1n) is 7.35. The van der Waals surface area contributed by atoms with Crippen LogP contribution in [0.3, 0.4) is 0 Å². The number of carbonyl (C=O) groups is 2. The highest BCUT2D eigenvalue weighted by atomic mass is 16.4. The molecule has 2 rings (SSSR count). The molecule has 130 valence electrons. The Morgan fingerprint density at radius 2 is 1.17 bits per heavy atom. The van der Waals surface area contributed by atoms with Crippen LogP contribution in [-0.4, -0.2) is 34.2 Å². The molecule has 0 saturated heterocycles. The second-order valence-corrected chi connectivity index (χ2v) is 4.92. The van der Waals surface area contributed by atoms with Gasteiger partial charge in [0.15, 0.2) is 0 Å². The minimum Gasteiger partial charge on any atom is -0.480 e. The zero-order valence-electron chi connectivity index (χ0n) is 13.6. The van der Waals surface area contributed by atoms with Gasteiger partial charge in [-0.05, 0) is 18.9 Å². The molecular weight excluding hydrogens is 308 g/mol. The summed E-state index contributed by atoms with van der Waals surface area (Å²) in [6, 6.07) is 19.8.